The van der Waals surface area contributed by atoms with Gasteiger partial charge in [0.05, 0.1) is 0 Å². The summed E-state index contributed by atoms with van der Waals surface area (Å²) in [5.41, 5.74) is 5.97. The van der Waals surface area contributed by atoms with Crippen LogP contribution < -0.4 is 5.73 Å². The summed E-state index contributed by atoms with van der Waals surface area (Å²) in [6.45, 7) is 3.22. The molecule has 0 spiro atoms. The van der Waals surface area contributed by atoms with Crippen molar-refractivity contribution in [3.05, 3.63) is 0 Å². The highest BCUT2D eigenvalue weighted by Gasteiger charge is 2.23. The number of hydrogen-bond acceptors (Lipinski definition) is 1. The summed E-state index contributed by atoms with van der Waals surface area (Å²) in [6, 6.07) is 0. The van der Waals surface area contributed by atoms with Gasteiger partial charge in [0.25, 0.3) is 0 Å². The zero-order valence-corrected chi connectivity index (χ0v) is 14.0. The maximum atomic E-state index is 5.97. The van der Waals surface area contributed by atoms with Gasteiger partial charge < -0.3 is 5.73 Å². The minimum atomic E-state index is 0.839. The Morgan fingerprint density at radius 3 is 1.80 bits per heavy atom. The van der Waals surface area contributed by atoms with Crippen LogP contribution in [0.3, 0.4) is 0 Å². The van der Waals surface area contributed by atoms with E-state index in [2.05, 4.69) is 6.92 Å². The third kappa shape index (κ3) is 8.29. The smallest absolute Gasteiger partial charge is 0.00462 e. The van der Waals surface area contributed by atoms with E-state index in [9.17, 15) is 0 Å². The molecule has 1 heteroatoms. The van der Waals surface area contributed by atoms with Gasteiger partial charge in [-0.2, -0.15) is 0 Å². The second-order valence-corrected chi connectivity index (χ2v) is 7.01. The first-order valence-corrected chi connectivity index (χ1v) is 9.58. The average molecular weight is 282 g/mol. The van der Waals surface area contributed by atoms with Crippen LogP contribution in [0.15, 0.2) is 0 Å². The highest BCUT2D eigenvalue weighted by Crippen LogP contribution is 2.33. The molecule has 1 aliphatic rings. The van der Waals surface area contributed by atoms with Crippen LogP contribution in [0.2, 0.25) is 0 Å². The molecular formula is C19H39N. The fourth-order valence-corrected chi connectivity index (χ4v) is 3.87. The lowest BCUT2D eigenvalue weighted by atomic mass is 9.86. The Morgan fingerprint density at radius 1 is 0.800 bits per heavy atom. The van der Waals surface area contributed by atoms with Crippen LogP contribution in [0.4, 0.5) is 0 Å². The maximum Gasteiger partial charge on any atom is -0.00462 e. The minimum absolute atomic E-state index is 0.839. The van der Waals surface area contributed by atoms with Crippen molar-refractivity contribution in [1.29, 1.82) is 0 Å². The molecule has 1 saturated carbocycles. The molecule has 0 aliphatic heterocycles. The van der Waals surface area contributed by atoms with Crippen molar-refractivity contribution in [3.8, 4) is 0 Å². The predicted molar refractivity (Wildman–Crippen MR) is 91.0 cm³/mol. The van der Waals surface area contributed by atoms with Crippen molar-refractivity contribution in [1.82, 2.24) is 0 Å². The molecule has 0 aromatic heterocycles. The lowest BCUT2D eigenvalue weighted by Gasteiger charge is -2.21. The fourth-order valence-electron chi connectivity index (χ4n) is 3.87. The second-order valence-electron chi connectivity index (χ2n) is 7.01. The Hall–Kier alpha value is -0.0400. The molecule has 0 heterocycles. The van der Waals surface area contributed by atoms with Crippen molar-refractivity contribution in [2.24, 2.45) is 17.6 Å². The van der Waals surface area contributed by atoms with Gasteiger partial charge in [0, 0.05) is 0 Å². The molecule has 20 heavy (non-hydrogen) atoms. The topological polar surface area (TPSA) is 26.0 Å². The van der Waals surface area contributed by atoms with Gasteiger partial charge in [0.15, 0.2) is 0 Å². The summed E-state index contributed by atoms with van der Waals surface area (Å²) in [7, 11) is 0. The molecule has 0 aromatic carbocycles. The van der Waals surface area contributed by atoms with Gasteiger partial charge in [-0.3, -0.25) is 0 Å². The molecule has 0 saturated heterocycles. The van der Waals surface area contributed by atoms with Gasteiger partial charge in [0.2, 0.25) is 0 Å². The molecule has 1 nitrogen and oxygen atoms in total. The summed E-state index contributed by atoms with van der Waals surface area (Å²) < 4.78 is 0. The van der Waals surface area contributed by atoms with E-state index in [-0.39, 0.29) is 0 Å². The number of unbranched alkanes of at least 4 members (excludes halogenated alkanes) is 9. The minimum Gasteiger partial charge on any atom is -0.330 e. The van der Waals surface area contributed by atoms with Crippen LogP contribution in [-0.4, -0.2) is 6.54 Å². The third-order valence-electron chi connectivity index (χ3n) is 5.30. The summed E-state index contributed by atoms with van der Waals surface area (Å²) in [6.07, 6.45) is 21.7. The summed E-state index contributed by atoms with van der Waals surface area (Å²) >= 11 is 0. The van der Waals surface area contributed by atoms with Gasteiger partial charge in [0.1, 0.15) is 0 Å². The largest absolute Gasteiger partial charge is 0.330 e. The Kier molecular flexibility index (Phi) is 11.4. The molecule has 1 fully saturated rings. The van der Waals surface area contributed by atoms with E-state index in [4.69, 9.17) is 5.73 Å². The summed E-state index contributed by atoms with van der Waals surface area (Å²) in [5.74, 6) is 1.81. The first-order chi connectivity index (χ1) is 9.88. The molecule has 120 valence electrons. The van der Waals surface area contributed by atoms with Gasteiger partial charge in [-0.25, -0.2) is 0 Å². The predicted octanol–water partition coefficient (Wildman–Crippen LogP) is 6.06. The molecule has 0 bridgehead atoms. The van der Waals surface area contributed by atoms with Crippen LogP contribution in [0.1, 0.15) is 103 Å². The fraction of sp³-hybridized carbons (Fsp3) is 1.00. The van der Waals surface area contributed by atoms with E-state index in [1.165, 1.54) is 96.3 Å². The standard InChI is InChI=1S/C19H39N/c1-2-3-4-5-6-7-8-9-10-11-16-19(17-20)18-14-12-13-15-18/h18-19H,2-17,20H2,1H3. The van der Waals surface area contributed by atoms with E-state index in [0.717, 1.165) is 18.4 Å². The van der Waals surface area contributed by atoms with Crippen LogP contribution >= 0.6 is 0 Å². The van der Waals surface area contributed by atoms with E-state index in [1.54, 1.807) is 0 Å². The first kappa shape index (κ1) is 18.0. The lowest BCUT2D eigenvalue weighted by Crippen LogP contribution is -2.21. The molecule has 0 aromatic rings. The molecule has 0 amide bonds. The average Bonchev–Trinajstić information content (AvgIpc) is 2.99. The van der Waals surface area contributed by atoms with E-state index in [1.807, 2.05) is 0 Å². The first-order valence-electron chi connectivity index (χ1n) is 9.58. The Morgan fingerprint density at radius 2 is 1.30 bits per heavy atom. The Labute approximate surface area is 128 Å². The van der Waals surface area contributed by atoms with Crippen molar-refractivity contribution in [2.45, 2.75) is 103 Å². The van der Waals surface area contributed by atoms with Crippen molar-refractivity contribution in [2.75, 3.05) is 6.54 Å². The Bertz CT molecular complexity index is 196. The zero-order chi connectivity index (χ0) is 14.5. The normalized spacial score (nSPS) is 17.7. The highest BCUT2D eigenvalue weighted by atomic mass is 14.6. The SMILES string of the molecule is CCCCCCCCCCCCC(CN)C1CCCC1. The molecular weight excluding hydrogens is 242 g/mol. The third-order valence-corrected chi connectivity index (χ3v) is 5.30. The second kappa shape index (κ2) is 12.7. The number of hydrogen-bond donors (Lipinski definition) is 1. The van der Waals surface area contributed by atoms with Gasteiger partial charge >= 0.3 is 0 Å². The number of rotatable bonds is 13. The Balaban J connectivity index is 1.85. The van der Waals surface area contributed by atoms with Crippen LogP contribution in [0, 0.1) is 11.8 Å². The highest BCUT2D eigenvalue weighted by molar-refractivity contribution is 4.76. The van der Waals surface area contributed by atoms with Crippen molar-refractivity contribution in [3.63, 3.8) is 0 Å². The molecule has 2 N–H and O–H groups in total. The molecule has 1 aliphatic carbocycles. The van der Waals surface area contributed by atoms with Crippen LogP contribution in [0.5, 0.6) is 0 Å². The molecule has 1 atom stereocenters. The van der Waals surface area contributed by atoms with Crippen LogP contribution in [0.25, 0.3) is 0 Å². The molecule has 1 rings (SSSR count). The van der Waals surface area contributed by atoms with Gasteiger partial charge in [-0.1, -0.05) is 96.8 Å². The lowest BCUT2D eigenvalue weighted by molar-refractivity contribution is 0.315. The maximum absolute atomic E-state index is 5.97. The summed E-state index contributed by atoms with van der Waals surface area (Å²) in [4.78, 5) is 0. The van der Waals surface area contributed by atoms with Gasteiger partial charge in [-0.15, -0.1) is 0 Å². The van der Waals surface area contributed by atoms with Crippen molar-refractivity contribution >= 4 is 0 Å². The zero-order valence-electron chi connectivity index (χ0n) is 14.0. The monoisotopic (exact) mass is 281 g/mol. The van der Waals surface area contributed by atoms with Crippen LogP contribution in [-0.2, 0) is 0 Å². The van der Waals surface area contributed by atoms with E-state index < -0.39 is 0 Å². The van der Waals surface area contributed by atoms with E-state index in [0.29, 0.717) is 0 Å². The molecule has 1 unspecified atom stereocenters. The number of nitrogens with two attached hydrogens (primary N) is 1. The quantitative estimate of drug-likeness (QED) is 0.408. The van der Waals surface area contributed by atoms with E-state index >= 15 is 0 Å². The summed E-state index contributed by atoms with van der Waals surface area (Å²) in [5, 5.41) is 0. The molecule has 0 radical (unpaired) electrons. The van der Waals surface area contributed by atoms with Crippen molar-refractivity contribution < 1.29 is 0 Å². The van der Waals surface area contributed by atoms with Gasteiger partial charge in [-0.05, 0) is 24.8 Å².